The third kappa shape index (κ3) is 3.98. The maximum atomic E-state index is 12.0. The van der Waals surface area contributed by atoms with E-state index in [9.17, 15) is 4.79 Å². The summed E-state index contributed by atoms with van der Waals surface area (Å²) >= 11 is 0. The van der Waals surface area contributed by atoms with Gasteiger partial charge in [-0.05, 0) is 63.2 Å². The topological polar surface area (TPSA) is 82.7 Å². The first-order valence-electron chi connectivity index (χ1n) is 6.83. The number of benzene rings is 1. The van der Waals surface area contributed by atoms with Crippen molar-refractivity contribution in [2.24, 2.45) is 11.0 Å². The van der Waals surface area contributed by atoms with Crippen molar-refractivity contribution in [3.05, 3.63) is 29.8 Å². The molecule has 2 N–H and O–H groups in total. The fraction of sp³-hybridized carbons (Fsp3) is 0.500. The summed E-state index contributed by atoms with van der Waals surface area (Å²) in [5, 5.41) is 6.58. The lowest BCUT2D eigenvalue weighted by atomic mass is 9.97. The van der Waals surface area contributed by atoms with Crippen LogP contribution >= 0.6 is 0 Å². The van der Waals surface area contributed by atoms with Gasteiger partial charge in [0.05, 0.1) is 0 Å². The molecule has 1 amide bonds. The van der Waals surface area contributed by atoms with E-state index in [2.05, 4.69) is 27.3 Å². The van der Waals surface area contributed by atoms with Gasteiger partial charge in [0.15, 0.2) is 10.8 Å². The van der Waals surface area contributed by atoms with E-state index in [-0.39, 0.29) is 5.91 Å². The van der Waals surface area contributed by atoms with Crippen molar-refractivity contribution in [2.45, 2.75) is 12.8 Å². The fourth-order valence-electron chi connectivity index (χ4n) is 2.34. The summed E-state index contributed by atoms with van der Waals surface area (Å²) in [7, 11) is 2.13. The van der Waals surface area contributed by atoms with Crippen molar-refractivity contribution in [2.75, 3.05) is 26.7 Å². The monoisotopic (exact) mass is 274 g/mol. The van der Waals surface area contributed by atoms with Gasteiger partial charge in [-0.15, -0.1) is 0 Å². The molecule has 1 fully saturated rings. The molecule has 1 aliphatic rings. The van der Waals surface area contributed by atoms with E-state index in [1.54, 1.807) is 24.3 Å². The third-order valence-corrected chi connectivity index (χ3v) is 3.68. The number of nitrogens with one attached hydrogen (secondary N) is 2. The smallest absolute Gasteiger partial charge is 0.251 e. The molecule has 1 aromatic rings. The van der Waals surface area contributed by atoms with Crippen LogP contribution in [0.4, 0.5) is 5.69 Å². The average Bonchev–Trinajstić information content (AvgIpc) is 2.47. The van der Waals surface area contributed by atoms with Crippen molar-refractivity contribution in [3.63, 3.8) is 0 Å². The predicted molar refractivity (Wildman–Crippen MR) is 75.9 cm³/mol. The van der Waals surface area contributed by atoms with Crippen LogP contribution in [0, 0.1) is 11.4 Å². The third-order valence-electron chi connectivity index (χ3n) is 3.68. The highest BCUT2D eigenvalue weighted by molar-refractivity contribution is 5.94. The van der Waals surface area contributed by atoms with E-state index in [0.29, 0.717) is 17.2 Å². The molecule has 106 valence electrons. The zero-order valence-electron chi connectivity index (χ0n) is 11.7. The largest absolute Gasteiger partial charge is 0.352 e. The standard InChI is InChI=1S/C14H19N5O/c1-19-8-6-11(7-9-19)10-16-14(20)12-2-4-13(5-3-12)17-18-15/h2-5,11,15H,6-10H2,1H3/p+1. The van der Waals surface area contributed by atoms with Gasteiger partial charge in [0.25, 0.3) is 5.91 Å². The highest BCUT2D eigenvalue weighted by Crippen LogP contribution is 2.15. The molecular weight excluding hydrogens is 254 g/mol. The summed E-state index contributed by atoms with van der Waals surface area (Å²) < 4.78 is 0. The molecule has 0 saturated carbocycles. The van der Waals surface area contributed by atoms with Gasteiger partial charge in [-0.1, -0.05) is 0 Å². The molecule has 0 aromatic heterocycles. The van der Waals surface area contributed by atoms with Crippen molar-refractivity contribution in [1.29, 1.82) is 5.53 Å². The molecule has 0 unspecified atom stereocenters. The van der Waals surface area contributed by atoms with Crippen LogP contribution in [0.5, 0.6) is 0 Å². The first kappa shape index (κ1) is 14.4. The van der Waals surface area contributed by atoms with Crippen molar-refractivity contribution in [1.82, 2.24) is 15.1 Å². The molecule has 1 saturated heterocycles. The van der Waals surface area contributed by atoms with Crippen LogP contribution in [-0.2, 0) is 0 Å². The Hall–Kier alpha value is -2.04. The second kappa shape index (κ2) is 6.93. The van der Waals surface area contributed by atoms with Crippen LogP contribution in [-0.4, -0.2) is 37.5 Å². The summed E-state index contributed by atoms with van der Waals surface area (Å²) in [5.74, 6) is 0.518. The van der Waals surface area contributed by atoms with E-state index in [0.717, 1.165) is 32.5 Å². The quantitative estimate of drug-likeness (QED) is 0.649. The number of carbonyl (C=O) groups is 1. The summed E-state index contributed by atoms with van der Waals surface area (Å²) in [6, 6.07) is 6.77. The molecule has 20 heavy (non-hydrogen) atoms. The van der Waals surface area contributed by atoms with Gasteiger partial charge in [-0.2, -0.15) is 0 Å². The molecule has 0 radical (unpaired) electrons. The van der Waals surface area contributed by atoms with Crippen molar-refractivity contribution < 1.29 is 4.79 Å². The van der Waals surface area contributed by atoms with Crippen LogP contribution in [0.2, 0.25) is 0 Å². The van der Waals surface area contributed by atoms with Gasteiger partial charge >= 0.3 is 0 Å². The highest BCUT2D eigenvalue weighted by Gasteiger charge is 2.17. The first-order valence-corrected chi connectivity index (χ1v) is 6.83. The van der Waals surface area contributed by atoms with Gasteiger partial charge in [0, 0.05) is 12.1 Å². The predicted octanol–water partition coefficient (Wildman–Crippen LogP) is 1.94. The highest BCUT2D eigenvalue weighted by atomic mass is 16.1. The Labute approximate surface area is 118 Å². The second-order valence-corrected chi connectivity index (χ2v) is 5.20. The summed E-state index contributed by atoms with van der Waals surface area (Å²) in [5.41, 5.74) is 7.84. The molecule has 6 heteroatoms. The average molecular weight is 274 g/mol. The molecule has 1 aliphatic heterocycles. The molecule has 0 spiro atoms. The lowest BCUT2D eigenvalue weighted by Gasteiger charge is -2.28. The number of rotatable bonds is 4. The van der Waals surface area contributed by atoms with Gasteiger partial charge in [-0.25, -0.2) is 0 Å². The SMILES string of the molecule is CN1CCC(CNC(=O)c2ccc(N=[N+]=N)cc2)CC1. The fourth-order valence-corrected chi connectivity index (χ4v) is 2.34. The molecular formula is C14H20N5O+. The summed E-state index contributed by atoms with van der Waals surface area (Å²) in [4.78, 5) is 17.3. The van der Waals surface area contributed by atoms with Crippen LogP contribution in [0.3, 0.4) is 0 Å². The van der Waals surface area contributed by atoms with Gasteiger partial charge in [-0.3, -0.25) is 4.79 Å². The second-order valence-electron chi connectivity index (χ2n) is 5.20. The zero-order chi connectivity index (χ0) is 14.4. The van der Waals surface area contributed by atoms with Gasteiger partial charge in [0.1, 0.15) is 5.53 Å². The first-order chi connectivity index (χ1) is 9.69. The number of amides is 1. The summed E-state index contributed by atoms with van der Waals surface area (Å²) in [6.07, 6.45) is 2.28. The number of nitrogens with zero attached hydrogens (tertiary/aromatic N) is 3. The minimum absolute atomic E-state index is 0.0571. The van der Waals surface area contributed by atoms with E-state index < -0.39 is 0 Å². The Morgan fingerprint density at radius 2 is 2.05 bits per heavy atom. The van der Waals surface area contributed by atoms with Crippen LogP contribution in [0.25, 0.3) is 0 Å². The maximum absolute atomic E-state index is 12.0. The molecule has 0 bridgehead atoms. The Bertz CT molecular complexity index is 499. The van der Waals surface area contributed by atoms with Crippen LogP contribution in [0.1, 0.15) is 23.2 Å². The number of hydrogen-bond donors (Lipinski definition) is 2. The number of hydrogen-bond acceptors (Lipinski definition) is 4. The Balaban J connectivity index is 1.83. The molecule has 1 heterocycles. The van der Waals surface area contributed by atoms with E-state index in [4.69, 9.17) is 5.53 Å². The number of piperidine rings is 1. The lowest BCUT2D eigenvalue weighted by molar-refractivity contribution is 0.0939. The number of likely N-dealkylation sites (tertiary alicyclic amines) is 1. The van der Waals surface area contributed by atoms with Gasteiger partial charge in [0.2, 0.25) is 4.91 Å². The van der Waals surface area contributed by atoms with Crippen LogP contribution < -0.4 is 10.2 Å². The maximum Gasteiger partial charge on any atom is 0.251 e. The number of carbonyl (C=O) groups excluding carboxylic acids is 1. The van der Waals surface area contributed by atoms with Crippen molar-refractivity contribution in [3.8, 4) is 0 Å². The van der Waals surface area contributed by atoms with E-state index in [1.165, 1.54) is 0 Å². The van der Waals surface area contributed by atoms with E-state index in [1.807, 2.05) is 0 Å². The molecule has 0 aliphatic carbocycles. The minimum atomic E-state index is -0.0571. The van der Waals surface area contributed by atoms with E-state index >= 15 is 0 Å². The lowest BCUT2D eigenvalue weighted by Crippen LogP contribution is -2.36. The molecule has 1 aromatic carbocycles. The van der Waals surface area contributed by atoms with Crippen molar-refractivity contribution >= 4 is 11.6 Å². The Morgan fingerprint density at radius 3 is 2.65 bits per heavy atom. The Kier molecular flexibility index (Phi) is 4.98. The Morgan fingerprint density at radius 1 is 1.40 bits per heavy atom. The molecule has 2 rings (SSSR count). The molecule has 6 nitrogen and oxygen atoms in total. The van der Waals surface area contributed by atoms with Crippen LogP contribution in [0.15, 0.2) is 29.4 Å². The summed E-state index contributed by atoms with van der Waals surface area (Å²) in [6.45, 7) is 2.95. The van der Waals surface area contributed by atoms with Gasteiger partial charge < -0.3 is 10.2 Å². The molecule has 0 atom stereocenters. The minimum Gasteiger partial charge on any atom is -0.352 e. The zero-order valence-corrected chi connectivity index (χ0v) is 11.7. The normalized spacial score (nSPS) is 16.4.